The van der Waals surface area contributed by atoms with E-state index in [2.05, 4.69) is 4.72 Å². The number of carboxylic acids is 1. The van der Waals surface area contributed by atoms with Crippen LogP contribution in [-0.4, -0.2) is 37.2 Å². The number of carbonyl (C=O) groups is 1. The molecule has 1 aromatic carbocycles. The number of rotatable bonds is 6. The van der Waals surface area contributed by atoms with Crippen molar-refractivity contribution in [2.45, 2.75) is 38.6 Å². The summed E-state index contributed by atoms with van der Waals surface area (Å²) in [5, 5.41) is 18.3. The van der Waals surface area contributed by atoms with Crippen LogP contribution in [0.5, 0.6) is 0 Å². The van der Waals surface area contributed by atoms with Gasteiger partial charge in [0.2, 0.25) is 10.0 Å². The number of aliphatic hydroxyl groups is 1. The number of hydrogen-bond acceptors (Lipinski definition) is 4. The number of benzene rings is 1. The third-order valence-corrected chi connectivity index (χ3v) is 4.98. The average Bonchev–Trinajstić information content (AvgIpc) is 2.34. The maximum atomic E-state index is 12.4. The second-order valence-electron chi connectivity index (χ2n) is 5.39. The Morgan fingerprint density at radius 3 is 2.24 bits per heavy atom. The van der Waals surface area contributed by atoms with Crippen LogP contribution in [-0.2, 0) is 10.0 Å². The molecule has 0 fully saturated rings. The molecule has 118 valence electrons. The van der Waals surface area contributed by atoms with E-state index >= 15 is 0 Å². The molecule has 21 heavy (non-hydrogen) atoms. The average molecular weight is 315 g/mol. The summed E-state index contributed by atoms with van der Waals surface area (Å²) in [5.74, 6) is -1.26. The summed E-state index contributed by atoms with van der Waals surface area (Å²) in [6.45, 7) is 6.47. The molecule has 0 aliphatic heterocycles. The molecule has 0 bridgehead atoms. The summed E-state index contributed by atoms with van der Waals surface area (Å²) in [6, 6.07) is 2.06. The summed E-state index contributed by atoms with van der Waals surface area (Å²) in [4.78, 5) is 11.1. The molecule has 0 spiro atoms. The predicted molar refractivity (Wildman–Crippen MR) is 78.9 cm³/mol. The highest BCUT2D eigenvalue weighted by atomic mass is 32.2. The van der Waals surface area contributed by atoms with Gasteiger partial charge >= 0.3 is 5.97 Å². The third kappa shape index (κ3) is 4.03. The minimum absolute atomic E-state index is 0.0499. The fourth-order valence-electron chi connectivity index (χ4n) is 2.00. The highest BCUT2D eigenvalue weighted by Gasteiger charge is 2.25. The van der Waals surface area contributed by atoms with E-state index in [-0.39, 0.29) is 23.0 Å². The van der Waals surface area contributed by atoms with Gasteiger partial charge in [-0.2, -0.15) is 0 Å². The lowest BCUT2D eigenvalue weighted by Gasteiger charge is -2.21. The van der Waals surface area contributed by atoms with Crippen molar-refractivity contribution >= 4 is 16.0 Å². The zero-order chi connectivity index (χ0) is 16.4. The number of hydrogen-bond donors (Lipinski definition) is 3. The molecular formula is C14H21NO5S. The number of aromatic carboxylic acids is 1. The Morgan fingerprint density at radius 1 is 1.24 bits per heavy atom. The number of carboxylic acid groups (broad SMARTS) is 1. The Hall–Kier alpha value is -1.44. The number of aliphatic hydroxyl groups excluding tert-OH is 1. The zero-order valence-electron chi connectivity index (χ0n) is 12.5. The minimum atomic E-state index is -3.89. The molecule has 0 radical (unpaired) electrons. The molecule has 0 aliphatic rings. The molecule has 7 heteroatoms. The van der Waals surface area contributed by atoms with Crippen LogP contribution in [0, 0.1) is 19.8 Å². The summed E-state index contributed by atoms with van der Waals surface area (Å²) in [7, 11) is -3.89. The molecule has 3 N–H and O–H groups in total. The quantitative estimate of drug-likeness (QED) is 0.734. The molecule has 6 nitrogen and oxygen atoms in total. The van der Waals surface area contributed by atoms with Crippen LogP contribution in [0.25, 0.3) is 0 Å². The lowest BCUT2D eigenvalue weighted by atomic mass is 10.1. The van der Waals surface area contributed by atoms with E-state index in [0.29, 0.717) is 11.1 Å². The fourth-order valence-corrected chi connectivity index (χ4v) is 3.63. The van der Waals surface area contributed by atoms with Gasteiger partial charge < -0.3 is 10.2 Å². The standard InChI is InChI=1S/C14H21NO5S/c1-8(2)12(7-16)15-21(19,20)13-6-11(14(17)18)9(3)5-10(13)4/h5-6,8,12,15-16H,7H2,1-4H3,(H,17,18). The van der Waals surface area contributed by atoms with Gasteiger partial charge in [-0.25, -0.2) is 17.9 Å². The monoisotopic (exact) mass is 315 g/mol. The Balaban J connectivity index is 3.31. The summed E-state index contributed by atoms with van der Waals surface area (Å²) in [6.07, 6.45) is 0. The van der Waals surface area contributed by atoms with Crippen LogP contribution in [0.4, 0.5) is 0 Å². The summed E-state index contributed by atoms with van der Waals surface area (Å²) in [5.41, 5.74) is 0.915. The topological polar surface area (TPSA) is 104 Å². The molecule has 0 saturated heterocycles. The lowest BCUT2D eigenvalue weighted by molar-refractivity contribution is 0.0696. The highest BCUT2D eigenvalue weighted by molar-refractivity contribution is 7.89. The van der Waals surface area contributed by atoms with Gasteiger partial charge in [0, 0.05) is 6.04 Å². The van der Waals surface area contributed by atoms with Gasteiger partial charge in [0.25, 0.3) is 0 Å². The van der Waals surface area contributed by atoms with E-state index in [1.54, 1.807) is 27.7 Å². The van der Waals surface area contributed by atoms with Gasteiger partial charge in [-0.3, -0.25) is 0 Å². The summed E-state index contributed by atoms with van der Waals surface area (Å²) < 4.78 is 27.2. The highest BCUT2D eigenvalue weighted by Crippen LogP contribution is 2.21. The molecule has 1 rings (SSSR count). The number of aryl methyl sites for hydroxylation is 2. The van der Waals surface area contributed by atoms with E-state index < -0.39 is 22.0 Å². The van der Waals surface area contributed by atoms with E-state index in [9.17, 15) is 18.3 Å². The first-order valence-electron chi connectivity index (χ1n) is 6.58. The van der Waals surface area contributed by atoms with Crippen molar-refractivity contribution in [3.63, 3.8) is 0 Å². The van der Waals surface area contributed by atoms with E-state index in [1.165, 1.54) is 6.07 Å². The Morgan fingerprint density at radius 2 is 1.81 bits per heavy atom. The normalized spacial score (nSPS) is 13.4. The maximum absolute atomic E-state index is 12.4. The SMILES string of the molecule is Cc1cc(C)c(S(=O)(=O)NC(CO)C(C)C)cc1C(=O)O. The van der Waals surface area contributed by atoms with Crippen LogP contribution in [0.15, 0.2) is 17.0 Å². The van der Waals surface area contributed by atoms with Crippen molar-refractivity contribution in [2.75, 3.05) is 6.61 Å². The molecule has 0 amide bonds. The molecule has 1 aromatic rings. The maximum Gasteiger partial charge on any atom is 0.335 e. The number of sulfonamides is 1. The summed E-state index contributed by atoms with van der Waals surface area (Å²) >= 11 is 0. The molecule has 1 unspecified atom stereocenters. The lowest BCUT2D eigenvalue weighted by Crippen LogP contribution is -2.41. The van der Waals surface area contributed by atoms with Crippen molar-refractivity contribution in [1.29, 1.82) is 0 Å². The van der Waals surface area contributed by atoms with Gasteiger partial charge in [0.05, 0.1) is 17.1 Å². The molecule has 0 aromatic heterocycles. The Kier molecular flexibility index (Phi) is 5.49. The fraction of sp³-hybridized carbons (Fsp3) is 0.500. The first-order chi connectivity index (χ1) is 9.60. The van der Waals surface area contributed by atoms with Crippen LogP contribution in [0.2, 0.25) is 0 Å². The van der Waals surface area contributed by atoms with Crippen LogP contribution in [0.1, 0.15) is 35.3 Å². The largest absolute Gasteiger partial charge is 0.478 e. The van der Waals surface area contributed by atoms with Crippen LogP contribution < -0.4 is 4.72 Å². The van der Waals surface area contributed by atoms with Crippen molar-refractivity contribution in [3.05, 3.63) is 28.8 Å². The molecule has 0 heterocycles. The molecular weight excluding hydrogens is 294 g/mol. The van der Waals surface area contributed by atoms with E-state index in [1.807, 2.05) is 0 Å². The van der Waals surface area contributed by atoms with Crippen molar-refractivity contribution in [2.24, 2.45) is 5.92 Å². The van der Waals surface area contributed by atoms with Crippen LogP contribution in [0.3, 0.4) is 0 Å². The minimum Gasteiger partial charge on any atom is -0.478 e. The van der Waals surface area contributed by atoms with Crippen LogP contribution >= 0.6 is 0 Å². The third-order valence-electron chi connectivity index (χ3n) is 3.35. The number of nitrogens with one attached hydrogen (secondary N) is 1. The molecule has 0 aliphatic carbocycles. The first kappa shape index (κ1) is 17.6. The van der Waals surface area contributed by atoms with E-state index in [4.69, 9.17) is 5.11 Å². The smallest absolute Gasteiger partial charge is 0.335 e. The van der Waals surface area contributed by atoms with Gasteiger partial charge in [-0.15, -0.1) is 0 Å². The zero-order valence-corrected chi connectivity index (χ0v) is 13.4. The predicted octanol–water partition coefficient (Wildman–Crippen LogP) is 1.30. The molecule has 1 atom stereocenters. The van der Waals surface area contributed by atoms with Crippen molar-refractivity contribution in [1.82, 2.24) is 4.72 Å². The van der Waals surface area contributed by atoms with Gasteiger partial charge in [0.1, 0.15) is 0 Å². The second kappa shape index (κ2) is 6.55. The Labute approximate surface area is 124 Å². The Bertz CT molecular complexity index is 637. The first-order valence-corrected chi connectivity index (χ1v) is 8.06. The van der Waals surface area contributed by atoms with E-state index in [0.717, 1.165) is 6.07 Å². The van der Waals surface area contributed by atoms with Gasteiger partial charge in [-0.1, -0.05) is 19.9 Å². The van der Waals surface area contributed by atoms with Gasteiger partial charge in [0.15, 0.2) is 0 Å². The second-order valence-corrected chi connectivity index (χ2v) is 7.07. The van der Waals surface area contributed by atoms with Crippen molar-refractivity contribution < 1.29 is 23.4 Å². The van der Waals surface area contributed by atoms with Gasteiger partial charge in [-0.05, 0) is 37.0 Å². The molecule has 0 saturated carbocycles. The van der Waals surface area contributed by atoms with Crippen molar-refractivity contribution in [3.8, 4) is 0 Å².